The molecule has 0 bridgehead atoms. The van der Waals surface area contributed by atoms with Crippen molar-refractivity contribution in [2.45, 2.75) is 13.0 Å². The predicted octanol–water partition coefficient (Wildman–Crippen LogP) is 5.51. The first-order valence-electron chi connectivity index (χ1n) is 10.9. The molecule has 0 aliphatic heterocycles. The van der Waals surface area contributed by atoms with Gasteiger partial charge in [-0.15, -0.1) is 0 Å². The zero-order chi connectivity index (χ0) is 23.7. The minimum absolute atomic E-state index is 0.174. The molecule has 0 radical (unpaired) electrons. The zero-order valence-corrected chi connectivity index (χ0v) is 18.9. The second-order valence-electron chi connectivity index (χ2n) is 8.15. The van der Waals surface area contributed by atoms with Crippen molar-refractivity contribution >= 4 is 45.1 Å². The fraction of sp³-hybridized carbons (Fsp3) is 0.111. The number of H-pyrrole nitrogens is 1. The number of amides is 1. The molecule has 2 N–H and O–H groups in total. The van der Waals surface area contributed by atoms with Crippen LogP contribution in [0.4, 0.5) is 4.39 Å². The summed E-state index contributed by atoms with van der Waals surface area (Å²) in [7, 11) is 0. The lowest BCUT2D eigenvalue weighted by Crippen LogP contribution is -2.32. The topological polar surface area (TPSA) is 66.9 Å². The highest BCUT2D eigenvalue weighted by molar-refractivity contribution is 6.45. The number of hydrogen-bond donors (Lipinski definition) is 2. The summed E-state index contributed by atoms with van der Waals surface area (Å²) in [6.07, 6.45) is 4.10. The number of aromatic amines is 1. The largest absolute Gasteiger partial charge is 0.361 e. The Morgan fingerprint density at radius 2 is 1.79 bits per heavy atom. The van der Waals surface area contributed by atoms with Crippen molar-refractivity contribution in [2.24, 2.45) is 0 Å². The fourth-order valence-corrected chi connectivity index (χ4v) is 4.35. The Morgan fingerprint density at radius 3 is 2.62 bits per heavy atom. The third kappa shape index (κ3) is 4.32. The number of nitrogens with zero attached hydrogens (tertiary/aromatic N) is 1. The molecule has 0 fully saturated rings. The SMILES string of the molecule is O=C(NCCc1c[nH]c2ccccc12)C(=O)c1cn(Cc2ccc(Cl)cc2)c2ccc(F)cc12. The molecule has 3 aromatic carbocycles. The van der Waals surface area contributed by atoms with Crippen LogP contribution in [0.1, 0.15) is 21.5 Å². The Bertz CT molecular complexity index is 1520. The van der Waals surface area contributed by atoms with Crippen molar-refractivity contribution < 1.29 is 14.0 Å². The van der Waals surface area contributed by atoms with E-state index in [4.69, 9.17) is 11.6 Å². The molecular formula is C27H21ClFN3O2. The minimum Gasteiger partial charge on any atom is -0.361 e. The van der Waals surface area contributed by atoms with Gasteiger partial charge in [0.25, 0.3) is 11.7 Å². The Kier molecular flexibility index (Phi) is 5.90. The molecule has 0 spiro atoms. The van der Waals surface area contributed by atoms with E-state index in [0.717, 1.165) is 22.0 Å². The van der Waals surface area contributed by atoms with Crippen LogP contribution in [0, 0.1) is 5.82 Å². The summed E-state index contributed by atoms with van der Waals surface area (Å²) in [5, 5.41) is 4.83. The maximum absolute atomic E-state index is 14.0. The first kappa shape index (κ1) is 21.9. The normalized spacial score (nSPS) is 11.2. The van der Waals surface area contributed by atoms with Gasteiger partial charge in [0, 0.05) is 52.3 Å². The Hall–Kier alpha value is -3.90. The van der Waals surface area contributed by atoms with Crippen LogP contribution in [-0.4, -0.2) is 27.8 Å². The third-order valence-corrected chi connectivity index (χ3v) is 6.17. The molecule has 0 saturated heterocycles. The smallest absolute Gasteiger partial charge is 0.292 e. The van der Waals surface area contributed by atoms with E-state index >= 15 is 0 Å². The van der Waals surface area contributed by atoms with Crippen molar-refractivity contribution in [3.05, 3.63) is 107 Å². The number of para-hydroxylation sites is 1. The van der Waals surface area contributed by atoms with E-state index in [9.17, 15) is 14.0 Å². The number of benzene rings is 3. The first-order valence-corrected chi connectivity index (χ1v) is 11.3. The second kappa shape index (κ2) is 9.15. The van der Waals surface area contributed by atoms with Crippen LogP contribution in [0.2, 0.25) is 5.02 Å². The molecule has 0 atom stereocenters. The molecule has 5 rings (SSSR count). The van der Waals surface area contributed by atoms with Gasteiger partial charge in [0.1, 0.15) is 5.82 Å². The maximum atomic E-state index is 14.0. The van der Waals surface area contributed by atoms with Gasteiger partial charge < -0.3 is 14.9 Å². The third-order valence-electron chi connectivity index (χ3n) is 5.91. The van der Waals surface area contributed by atoms with Gasteiger partial charge in [-0.3, -0.25) is 9.59 Å². The average molecular weight is 474 g/mol. The summed E-state index contributed by atoms with van der Waals surface area (Å²) >= 11 is 5.97. The Labute approximate surface area is 200 Å². The number of hydrogen-bond acceptors (Lipinski definition) is 2. The van der Waals surface area contributed by atoms with Crippen LogP contribution in [0.3, 0.4) is 0 Å². The maximum Gasteiger partial charge on any atom is 0.292 e. The molecule has 7 heteroatoms. The standard InChI is InChI=1S/C27H21ClFN3O2/c28-19-7-5-17(6-8-19)15-32-16-23(22-13-20(29)9-10-25(22)32)26(33)27(34)30-12-11-18-14-31-24-4-2-1-3-21(18)24/h1-10,13-14,16,31H,11-12,15H2,(H,30,34). The number of halogens is 2. The second-order valence-corrected chi connectivity index (χ2v) is 8.59. The van der Waals surface area contributed by atoms with Gasteiger partial charge in [0.2, 0.25) is 0 Å². The lowest BCUT2D eigenvalue weighted by molar-refractivity contribution is -0.116. The van der Waals surface area contributed by atoms with E-state index in [0.29, 0.717) is 35.4 Å². The van der Waals surface area contributed by atoms with Crippen LogP contribution in [-0.2, 0) is 17.8 Å². The average Bonchev–Trinajstić information content (AvgIpc) is 3.41. The fourth-order valence-electron chi connectivity index (χ4n) is 4.22. The number of Topliss-reactive ketones (excluding diaryl/α,β-unsaturated/α-hetero) is 1. The van der Waals surface area contributed by atoms with Crippen LogP contribution in [0.5, 0.6) is 0 Å². The lowest BCUT2D eigenvalue weighted by Gasteiger charge is -2.05. The molecule has 0 aliphatic rings. The quantitative estimate of drug-likeness (QED) is 0.242. The number of nitrogens with one attached hydrogen (secondary N) is 2. The highest BCUT2D eigenvalue weighted by Gasteiger charge is 2.22. The predicted molar refractivity (Wildman–Crippen MR) is 132 cm³/mol. The van der Waals surface area contributed by atoms with Crippen LogP contribution >= 0.6 is 11.6 Å². The van der Waals surface area contributed by atoms with Gasteiger partial charge in [-0.2, -0.15) is 0 Å². The van der Waals surface area contributed by atoms with Crippen LogP contribution in [0.15, 0.2) is 79.1 Å². The van der Waals surface area contributed by atoms with Gasteiger partial charge >= 0.3 is 0 Å². The van der Waals surface area contributed by atoms with E-state index in [1.54, 1.807) is 24.4 Å². The molecule has 5 nitrogen and oxygen atoms in total. The van der Waals surface area contributed by atoms with Crippen molar-refractivity contribution in [1.82, 2.24) is 14.9 Å². The number of aromatic nitrogens is 2. The molecule has 1 amide bonds. The van der Waals surface area contributed by atoms with Crippen LogP contribution < -0.4 is 5.32 Å². The molecule has 0 aliphatic carbocycles. The van der Waals surface area contributed by atoms with E-state index < -0.39 is 17.5 Å². The lowest BCUT2D eigenvalue weighted by atomic mass is 10.1. The number of carbonyl (C=O) groups is 2. The zero-order valence-electron chi connectivity index (χ0n) is 18.1. The number of carbonyl (C=O) groups excluding carboxylic acids is 2. The summed E-state index contributed by atoms with van der Waals surface area (Å²) < 4.78 is 15.8. The summed E-state index contributed by atoms with van der Waals surface area (Å²) in [6, 6.07) is 19.5. The van der Waals surface area contributed by atoms with Gasteiger partial charge in [0.05, 0.1) is 5.56 Å². The van der Waals surface area contributed by atoms with E-state index in [-0.39, 0.29) is 5.56 Å². The van der Waals surface area contributed by atoms with Crippen molar-refractivity contribution in [3.8, 4) is 0 Å². The first-order chi connectivity index (χ1) is 16.5. The van der Waals surface area contributed by atoms with E-state index in [1.165, 1.54) is 12.1 Å². The number of ketones is 1. The highest BCUT2D eigenvalue weighted by atomic mass is 35.5. The summed E-state index contributed by atoms with van der Waals surface area (Å²) in [6.45, 7) is 0.763. The molecule has 5 aromatic rings. The van der Waals surface area contributed by atoms with E-state index in [1.807, 2.05) is 47.2 Å². The van der Waals surface area contributed by atoms with E-state index in [2.05, 4.69) is 10.3 Å². The summed E-state index contributed by atoms with van der Waals surface area (Å²) in [4.78, 5) is 28.9. The molecule has 34 heavy (non-hydrogen) atoms. The van der Waals surface area contributed by atoms with Crippen molar-refractivity contribution in [2.75, 3.05) is 6.54 Å². The van der Waals surface area contributed by atoms with Crippen molar-refractivity contribution in [3.63, 3.8) is 0 Å². The summed E-state index contributed by atoms with van der Waals surface area (Å²) in [5.41, 5.74) is 3.90. The van der Waals surface area contributed by atoms with Crippen molar-refractivity contribution in [1.29, 1.82) is 0 Å². The molecule has 0 saturated carbocycles. The Morgan fingerprint density at radius 1 is 1.00 bits per heavy atom. The molecule has 2 heterocycles. The monoisotopic (exact) mass is 473 g/mol. The van der Waals surface area contributed by atoms with Gasteiger partial charge in [-0.25, -0.2) is 4.39 Å². The molecular weight excluding hydrogens is 453 g/mol. The molecule has 170 valence electrons. The highest BCUT2D eigenvalue weighted by Crippen LogP contribution is 2.25. The van der Waals surface area contributed by atoms with Gasteiger partial charge in [0.15, 0.2) is 0 Å². The number of rotatable bonds is 7. The van der Waals surface area contributed by atoms with Gasteiger partial charge in [-0.05, 0) is 53.9 Å². The van der Waals surface area contributed by atoms with Crippen LogP contribution in [0.25, 0.3) is 21.8 Å². The molecule has 0 unspecified atom stereocenters. The molecule has 2 aromatic heterocycles. The Balaban J connectivity index is 1.34. The number of fused-ring (bicyclic) bond motifs is 2. The summed E-state index contributed by atoms with van der Waals surface area (Å²) in [5.74, 6) is -1.87. The van der Waals surface area contributed by atoms with Gasteiger partial charge in [-0.1, -0.05) is 41.9 Å². The minimum atomic E-state index is -0.713.